The average molecular weight is 227 g/mol. The van der Waals surface area contributed by atoms with Gasteiger partial charge >= 0.3 is 6.03 Å². The third-order valence-electron chi connectivity index (χ3n) is 3.48. The predicted octanol–water partition coefficient (Wildman–Crippen LogP) is 0.0729. The van der Waals surface area contributed by atoms with Crippen molar-refractivity contribution in [2.45, 2.75) is 19.1 Å². The number of carbonyl (C=O) groups is 1. The Morgan fingerprint density at radius 3 is 2.81 bits per heavy atom. The highest BCUT2D eigenvalue weighted by molar-refractivity contribution is 5.74. The molecule has 0 N–H and O–H groups in total. The third kappa shape index (κ3) is 2.01. The summed E-state index contributed by atoms with van der Waals surface area (Å²) in [6.45, 7) is 6.52. The molecule has 2 aliphatic rings. The molecule has 2 saturated heterocycles. The first kappa shape index (κ1) is 11.7. The van der Waals surface area contributed by atoms with Crippen molar-refractivity contribution in [3.63, 3.8) is 0 Å². The normalized spacial score (nSPS) is 30.3. The fraction of sp³-hybridized carbons (Fsp3) is 0.909. The summed E-state index contributed by atoms with van der Waals surface area (Å²) in [4.78, 5) is 17.8. The van der Waals surface area contributed by atoms with Gasteiger partial charge in [0.25, 0.3) is 0 Å². The number of carbonyl (C=O) groups excluding carboxylic acids is 1. The molecule has 5 heteroatoms. The van der Waals surface area contributed by atoms with Crippen molar-refractivity contribution in [3.8, 4) is 0 Å². The van der Waals surface area contributed by atoms with Crippen molar-refractivity contribution in [2.75, 3.05) is 46.9 Å². The topological polar surface area (TPSA) is 36.0 Å². The van der Waals surface area contributed by atoms with E-state index in [1.165, 1.54) is 0 Å². The molecule has 92 valence electrons. The van der Waals surface area contributed by atoms with Crippen molar-refractivity contribution in [1.29, 1.82) is 0 Å². The SMILES string of the molecule is CCN1CCOC2CN(C(=O)N(C)C)CC21. The molecule has 0 radical (unpaired) electrons. The minimum atomic E-state index is 0.0917. The van der Waals surface area contributed by atoms with E-state index in [-0.39, 0.29) is 12.1 Å². The molecular weight excluding hydrogens is 206 g/mol. The Bertz CT molecular complexity index is 270. The second-order valence-electron chi connectivity index (χ2n) is 4.69. The second-order valence-corrected chi connectivity index (χ2v) is 4.69. The molecule has 0 aromatic carbocycles. The first-order valence-electron chi connectivity index (χ1n) is 5.95. The summed E-state index contributed by atoms with van der Waals surface area (Å²) in [5, 5.41) is 0. The number of likely N-dealkylation sites (N-methyl/N-ethyl adjacent to an activating group) is 1. The van der Waals surface area contributed by atoms with Crippen LogP contribution >= 0.6 is 0 Å². The molecule has 2 amide bonds. The average Bonchev–Trinajstić information content (AvgIpc) is 2.70. The van der Waals surface area contributed by atoms with E-state index < -0.39 is 0 Å². The van der Waals surface area contributed by atoms with Gasteiger partial charge in [-0.2, -0.15) is 0 Å². The molecule has 2 fully saturated rings. The van der Waals surface area contributed by atoms with Crippen LogP contribution in [0.5, 0.6) is 0 Å². The Kier molecular flexibility index (Phi) is 3.35. The van der Waals surface area contributed by atoms with Crippen molar-refractivity contribution in [3.05, 3.63) is 0 Å². The number of hydrogen-bond donors (Lipinski definition) is 0. The number of amides is 2. The minimum Gasteiger partial charge on any atom is -0.373 e. The van der Waals surface area contributed by atoms with Gasteiger partial charge in [0.15, 0.2) is 0 Å². The number of fused-ring (bicyclic) bond motifs is 1. The molecular formula is C11H21N3O2. The highest BCUT2D eigenvalue weighted by atomic mass is 16.5. The van der Waals surface area contributed by atoms with Crippen LogP contribution in [0.4, 0.5) is 4.79 Å². The van der Waals surface area contributed by atoms with Crippen LogP contribution in [0.1, 0.15) is 6.92 Å². The van der Waals surface area contributed by atoms with Gasteiger partial charge in [-0.3, -0.25) is 4.90 Å². The van der Waals surface area contributed by atoms with E-state index in [0.717, 1.165) is 32.8 Å². The first-order valence-corrected chi connectivity index (χ1v) is 5.95. The van der Waals surface area contributed by atoms with E-state index in [1.54, 1.807) is 19.0 Å². The monoisotopic (exact) mass is 227 g/mol. The Labute approximate surface area is 96.9 Å². The maximum absolute atomic E-state index is 11.9. The van der Waals surface area contributed by atoms with Crippen molar-refractivity contribution < 1.29 is 9.53 Å². The molecule has 2 aliphatic heterocycles. The lowest BCUT2D eigenvalue weighted by molar-refractivity contribution is -0.0449. The third-order valence-corrected chi connectivity index (χ3v) is 3.48. The van der Waals surface area contributed by atoms with E-state index >= 15 is 0 Å². The predicted molar refractivity (Wildman–Crippen MR) is 61.4 cm³/mol. The Balaban J connectivity index is 2.01. The van der Waals surface area contributed by atoms with Gasteiger partial charge in [0, 0.05) is 27.2 Å². The highest BCUT2D eigenvalue weighted by Crippen LogP contribution is 2.23. The van der Waals surface area contributed by atoms with Crippen molar-refractivity contribution >= 4 is 6.03 Å². The van der Waals surface area contributed by atoms with Gasteiger partial charge in [-0.25, -0.2) is 4.79 Å². The van der Waals surface area contributed by atoms with Crippen LogP contribution in [0.2, 0.25) is 0 Å². The Hall–Kier alpha value is -0.810. The molecule has 2 heterocycles. The molecule has 0 aliphatic carbocycles. The van der Waals surface area contributed by atoms with Crippen molar-refractivity contribution in [2.24, 2.45) is 0 Å². The smallest absolute Gasteiger partial charge is 0.319 e. The number of urea groups is 1. The number of ether oxygens (including phenoxy) is 1. The number of rotatable bonds is 1. The van der Waals surface area contributed by atoms with Gasteiger partial charge in [0.05, 0.1) is 25.3 Å². The Morgan fingerprint density at radius 2 is 2.19 bits per heavy atom. The summed E-state index contributed by atoms with van der Waals surface area (Å²) in [5.41, 5.74) is 0. The fourth-order valence-corrected chi connectivity index (χ4v) is 2.59. The zero-order valence-corrected chi connectivity index (χ0v) is 10.3. The molecule has 2 rings (SSSR count). The number of nitrogens with zero attached hydrogens (tertiary/aromatic N) is 3. The van der Waals surface area contributed by atoms with Gasteiger partial charge in [-0.05, 0) is 6.54 Å². The van der Waals surface area contributed by atoms with E-state index in [1.807, 2.05) is 4.90 Å². The highest BCUT2D eigenvalue weighted by Gasteiger charge is 2.41. The summed E-state index contributed by atoms with van der Waals surface area (Å²) in [7, 11) is 3.59. The molecule has 0 aromatic rings. The molecule has 2 unspecified atom stereocenters. The van der Waals surface area contributed by atoms with E-state index in [2.05, 4.69) is 11.8 Å². The number of morpholine rings is 1. The minimum absolute atomic E-state index is 0.0917. The van der Waals surface area contributed by atoms with E-state index in [4.69, 9.17) is 4.74 Å². The van der Waals surface area contributed by atoms with Crippen LogP contribution in [0, 0.1) is 0 Å². The summed E-state index contributed by atoms with van der Waals surface area (Å²) in [6, 6.07) is 0.483. The summed E-state index contributed by atoms with van der Waals surface area (Å²) >= 11 is 0. The van der Waals surface area contributed by atoms with Crippen molar-refractivity contribution in [1.82, 2.24) is 14.7 Å². The molecule has 16 heavy (non-hydrogen) atoms. The summed E-state index contributed by atoms with van der Waals surface area (Å²) in [6.07, 6.45) is 0.206. The number of likely N-dealkylation sites (tertiary alicyclic amines) is 1. The quantitative estimate of drug-likeness (QED) is 0.636. The number of hydrogen-bond acceptors (Lipinski definition) is 3. The van der Waals surface area contributed by atoms with Crippen LogP contribution in [0.25, 0.3) is 0 Å². The van der Waals surface area contributed by atoms with E-state index in [0.29, 0.717) is 6.04 Å². The van der Waals surface area contributed by atoms with Crippen LogP contribution in [0.15, 0.2) is 0 Å². The van der Waals surface area contributed by atoms with Gasteiger partial charge < -0.3 is 14.5 Å². The van der Waals surface area contributed by atoms with Crippen LogP contribution in [-0.4, -0.2) is 79.8 Å². The van der Waals surface area contributed by atoms with Gasteiger partial charge in [-0.1, -0.05) is 6.92 Å². The summed E-state index contributed by atoms with van der Waals surface area (Å²) < 4.78 is 5.74. The Morgan fingerprint density at radius 1 is 1.44 bits per heavy atom. The molecule has 0 spiro atoms. The van der Waals surface area contributed by atoms with Crippen LogP contribution in [-0.2, 0) is 4.74 Å². The second kappa shape index (κ2) is 4.59. The lowest BCUT2D eigenvalue weighted by atomic mass is 10.1. The largest absolute Gasteiger partial charge is 0.373 e. The molecule has 0 aromatic heterocycles. The van der Waals surface area contributed by atoms with Gasteiger partial charge in [0.2, 0.25) is 0 Å². The molecule has 5 nitrogen and oxygen atoms in total. The molecule has 0 saturated carbocycles. The van der Waals surface area contributed by atoms with Gasteiger partial charge in [0.1, 0.15) is 0 Å². The first-order chi connectivity index (χ1) is 7.63. The standard InChI is InChI=1S/C11H21N3O2/c1-4-13-5-6-16-10-8-14(7-9(10)13)11(15)12(2)3/h9-10H,4-8H2,1-3H3. The van der Waals surface area contributed by atoms with Crippen LogP contribution in [0.3, 0.4) is 0 Å². The van der Waals surface area contributed by atoms with Gasteiger partial charge in [-0.15, -0.1) is 0 Å². The lowest BCUT2D eigenvalue weighted by Gasteiger charge is -2.35. The molecule has 2 atom stereocenters. The van der Waals surface area contributed by atoms with Crippen LogP contribution < -0.4 is 0 Å². The zero-order valence-electron chi connectivity index (χ0n) is 10.3. The maximum atomic E-state index is 11.9. The van der Waals surface area contributed by atoms with E-state index in [9.17, 15) is 4.79 Å². The fourth-order valence-electron chi connectivity index (χ4n) is 2.59. The zero-order chi connectivity index (χ0) is 11.7. The lowest BCUT2D eigenvalue weighted by Crippen LogP contribution is -2.50. The molecule has 0 bridgehead atoms. The summed E-state index contributed by atoms with van der Waals surface area (Å²) in [5.74, 6) is 0. The maximum Gasteiger partial charge on any atom is 0.319 e.